The van der Waals surface area contributed by atoms with E-state index in [1.165, 1.54) is 24.3 Å². The van der Waals surface area contributed by atoms with Gasteiger partial charge in [0.2, 0.25) is 0 Å². The Labute approximate surface area is 156 Å². The maximum Gasteiger partial charge on any atom is 0.316 e. The summed E-state index contributed by atoms with van der Waals surface area (Å²) in [6.07, 6.45) is 1.27. The highest BCUT2D eigenvalue weighted by Crippen LogP contribution is 2.30. The highest BCUT2D eigenvalue weighted by Gasteiger charge is 2.35. The van der Waals surface area contributed by atoms with E-state index in [-0.39, 0.29) is 17.2 Å². The van der Waals surface area contributed by atoms with Crippen LogP contribution in [0, 0.1) is 11.7 Å². The predicted molar refractivity (Wildman–Crippen MR) is 96.5 cm³/mol. The Morgan fingerprint density at radius 1 is 1.15 bits per heavy atom. The van der Waals surface area contributed by atoms with Crippen molar-refractivity contribution in [2.24, 2.45) is 10.3 Å². The van der Waals surface area contributed by atoms with Crippen LogP contribution >= 0.6 is 0 Å². The van der Waals surface area contributed by atoms with Gasteiger partial charge in [-0.3, -0.25) is 4.79 Å². The van der Waals surface area contributed by atoms with Crippen molar-refractivity contribution < 1.29 is 22.3 Å². The first-order valence-corrected chi connectivity index (χ1v) is 10.1. The maximum absolute atomic E-state index is 13.7. The number of esters is 1. The first kappa shape index (κ1) is 17.7. The normalized spacial score (nSPS) is 20.7. The summed E-state index contributed by atoms with van der Waals surface area (Å²) in [6.45, 7) is 0.863. The number of para-hydroxylation sites is 1. The molecule has 1 saturated heterocycles. The number of likely N-dealkylation sites (tertiary alicyclic amines) is 1. The highest BCUT2D eigenvalue weighted by atomic mass is 32.2. The average Bonchev–Trinajstić information content (AvgIpc) is 2.95. The Morgan fingerprint density at radius 2 is 1.89 bits per heavy atom. The fourth-order valence-electron chi connectivity index (χ4n) is 3.40. The minimum atomic E-state index is -3.72. The van der Waals surface area contributed by atoms with E-state index in [1.807, 2.05) is 0 Å². The Kier molecular flexibility index (Phi) is 4.43. The van der Waals surface area contributed by atoms with Crippen molar-refractivity contribution in [3.05, 3.63) is 59.9 Å². The summed E-state index contributed by atoms with van der Waals surface area (Å²) in [6, 6.07) is 12.4. The molecule has 0 radical (unpaired) electrons. The van der Waals surface area contributed by atoms with Crippen LogP contribution in [0.4, 0.5) is 4.39 Å². The number of nitrogens with zero attached hydrogens (tertiary/aromatic N) is 2. The molecule has 0 bridgehead atoms. The Bertz CT molecular complexity index is 1040. The lowest BCUT2D eigenvalue weighted by molar-refractivity contribution is -0.140. The van der Waals surface area contributed by atoms with E-state index < -0.39 is 27.7 Å². The molecular weight excluding hydrogens is 371 g/mol. The number of amidine groups is 1. The quantitative estimate of drug-likeness (QED) is 0.584. The molecule has 2 aliphatic heterocycles. The molecule has 1 unspecified atom stereocenters. The fraction of sp³-hybridized carbons (Fsp3) is 0.263. The van der Waals surface area contributed by atoms with Crippen molar-refractivity contribution in [1.29, 1.82) is 0 Å². The summed E-state index contributed by atoms with van der Waals surface area (Å²) >= 11 is 0. The largest absolute Gasteiger partial charge is 0.423 e. The molecule has 2 heterocycles. The van der Waals surface area contributed by atoms with Crippen molar-refractivity contribution >= 4 is 21.8 Å². The molecule has 2 aromatic rings. The number of sulfonamides is 1. The molecule has 4 rings (SSSR count). The van der Waals surface area contributed by atoms with Crippen LogP contribution in [0.25, 0.3) is 0 Å². The lowest BCUT2D eigenvalue weighted by atomic mass is 9.97. The third-order valence-electron chi connectivity index (χ3n) is 4.71. The summed E-state index contributed by atoms with van der Waals surface area (Å²) in [4.78, 5) is 14.4. The van der Waals surface area contributed by atoms with Gasteiger partial charge in [-0.05, 0) is 37.1 Å². The number of carbonyl (C=O) groups excluding carboxylic acids is 1. The molecule has 27 heavy (non-hydrogen) atoms. The van der Waals surface area contributed by atoms with Crippen LogP contribution in [0.3, 0.4) is 0 Å². The minimum absolute atomic E-state index is 0.106. The summed E-state index contributed by atoms with van der Waals surface area (Å²) in [5.41, 5.74) is 0.542. The minimum Gasteiger partial charge on any atom is -0.423 e. The number of benzene rings is 2. The van der Waals surface area contributed by atoms with Gasteiger partial charge in [-0.25, -0.2) is 4.39 Å². The third kappa shape index (κ3) is 3.32. The molecule has 2 aromatic carbocycles. The van der Waals surface area contributed by atoms with Crippen LogP contribution < -0.4 is 4.74 Å². The second-order valence-electron chi connectivity index (χ2n) is 6.52. The Morgan fingerprint density at radius 3 is 2.70 bits per heavy atom. The smallest absolute Gasteiger partial charge is 0.316 e. The van der Waals surface area contributed by atoms with Crippen molar-refractivity contribution in [3.63, 3.8) is 0 Å². The van der Waals surface area contributed by atoms with E-state index in [0.717, 1.165) is 0 Å². The zero-order valence-corrected chi connectivity index (χ0v) is 15.2. The lowest BCUT2D eigenvalue weighted by Crippen LogP contribution is -2.43. The topological polar surface area (TPSA) is 76.0 Å². The van der Waals surface area contributed by atoms with Crippen molar-refractivity contribution in [2.45, 2.75) is 17.7 Å². The van der Waals surface area contributed by atoms with E-state index in [4.69, 9.17) is 4.74 Å². The van der Waals surface area contributed by atoms with Gasteiger partial charge in [0.15, 0.2) is 17.4 Å². The lowest BCUT2D eigenvalue weighted by Gasteiger charge is -2.32. The molecule has 0 N–H and O–H groups in total. The van der Waals surface area contributed by atoms with Crippen LogP contribution in [-0.2, 0) is 14.8 Å². The second-order valence-corrected chi connectivity index (χ2v) is 8.10. The third-order valence-corrected chi connectivity index (χ3v) is 6.04. The van der Waals surface area contributed by atoms with Gasteiger partial charge in [0.25, 0.3) is 10.0 Å². The molecule has 8 heteroatoms. The van der Waals surface area contributed by atoms with Gasteiger partial charge in [-0.2, -0.15) is 8.42 Å². The molecule has 0 amide bonds. The number of fused-ring (bicyclic) bond motifs is 1. The monoisotopic (exact) mass is 388 g/mol. The maximum atomic E-state index is 13.7. The van der Waals surface area contributed by atoms with Gasteiger partial charge >= 0.3 is 5.97 Å². The standard InChI is InChI=1S/C19H17FN2O4S/c20-15-8-2-3-9-16(15)26-19(23)13-6-5-11-22(12-13)18-14-7-1-4-10-17(14)27(24,25)21-18/h1-4,7-10,13H,5-6,11-12H2. The molecule has 1 fully saturated rings. The van der Waals surface area contributed by atoms with Gasteiger partial charge < -0.3 is 9.64 Å². The summed E-state index contributed by atoms with van der Waals surface area (Å²) < 4.78 is 47.3. The van der Waals surface area contributed by atoms with Crippen LogP contribution in [0.15, 0.2) is 57.8 Å². The van der Waals surface area contributed by atoms with E-state index in [1.54, 1.807) is 29.2 Å². The zero-order valence-electron chi connectivity index (χ0n) is 14.3. The Balaban J connectivity index is 1.54. The molecule has 2 aliphatic rings. The van der Waals surface area contributed by atoms with Crippen LogP contribution in [0.5, 0.6) is 5.75 Å². The van der Waals surface area contributed by atoms with E-state index >= 15 is 0 Å². The van der Waals surface area contributed by atoms with Crippen molar-refractivity contribution in [1.82, 2.24) is 4.90 Å². The first-order valence-electron chi connectivity index (χ1n) is 8.61. The number of carbonyl (C=O) groups is 1. The van der Waals surface area contributed by atoms with E-state index in [9.17, 15) is 17.6 Å². The number of hydrogen-bond acceptors (Lipinski definition) is 5. The molecule has 1 atom stereocenters. The Hall–Kier alpha value is -2.74. The number of hydrogen-bond donors (Lipinski definition) is 0. The number of piperidine rings is 1. The van der Waals surface area contributed by atoms with Crippen molar-refractivity contribution in [3.8, 4) is 5.75 Å². The van der Waals surface area contributed by atoms with Crippen LogP contribution in [-0.4, -0.2) is 38.2 Å². The SMILES string of the molecule is O=C(Oc1ccccc1F)C1CCCN(C2=NS(=O)(=O)c3ccccc32)C1. The molecule has 0 spiro atoms. The van der Waals surface area contributed by atoms with Crippen LogP contribution in [0.1, 0.15) is 18.4 Å². The molecule has 0 aliphatic carbocycles. The zero-order chi connectivity index (χ0) is 19.0. The van der Waals surface area contributed by atoms with Gasteiger partial charge in [0, 0.05) is 18.7 Å². The average molecular weight is 388 g/mol. The molecule has 140 valence electrons. The molecular formula is C19H17FN2O4S. The molecule has 6 nitrogen and oxygen atoms in total. The summed E-state index contributed by atoms with van der Waals surface area (Å²) in [5, 5.41) is 0. The highest BCUT2D eigenvalue weighted by molar-refractivity contribution is 7.90. The summed E-state index contributed by atoms with van der Waals surface area (Å²) in [7, 11) is -3.72. The fourth-order valence-corrected chi connectivity index (χ4v) is 4.63. The van der Waals surface area contributed by atoms with E-state index in [0.29, 0.717) is 30.8 Å². The number of ether oxygens (including phenoxy) is 1. The first-order chi connectivity index (χ1) is 13.0. The van der Waals surface area contributed by atoms with Crippen molar-refractivity contribution in [2.75, 3.05) is 13.1 Å². The molecule has 0 aromatic heterocycles. The molecule has 0 saturated carbocycles. The second kappa shape index (κ2) is 6.77. The van der Waals surface area contributed by atoms with Gasteiger partial charge in [0.1, 0.15) is 4.90 Å². The van der Waals surface area contributed by atoms with Gasteiger partial charge in [-0.1, -0.05) is 24.3 Å². The van der Waals surface area contributed by atoms with Crippen LogP contribution in [0.2, 0.25) is 0 Å². The number of rotatable bonds is 2. The number of halogens is 1. The predicted octanol–water partition coefficient (Wildman–Crippen LogP) is 2.59. The van der Waals surface area contributed by atoms with Gasteiger partial charge in [0.05, 0.1) is 5.92 Å². The van der Waals surface area contributed by atoms with E-state index in [2.05, 4.69) is 4.40 Å². The van der Waals surface area contributed by atoms with Gasteiger partial charge in [-0.15, -0.1) is 4.40 Å². The summed E-state index contributed by atoms with van der Waals surface area (Å²) in [5.74, 6) is -1.37.